The Bertz CT molecular complexity index is 136. The highest BCUT2D eigenvalue weighted by Crippen LogP contribution is 2.26. The van der Waals surface area contributed by atoms with Gasteiger partial charge in [0.25, 0.3) is 0 Å². The predicted octanol–water partition coefficient (Wildman–Crippen LogP) is 2.13. The van der Waals surface area contributed by atoms with Crippen LogP contribution < -0.4 is 0 Å². The Morgan fingerprint density at radius 1 is 1.38 bits per heavy atom. The number of hydrogen-bond acceptors (Lipinski definition) is 2. The van der Waals surface area contributed by atoms with Gasteiger partial charge in [0.2, 0.25) is 0 Å². The number of rotatable bonds is 2. The van der Waals surface area contributed by atoms with Crippen LogP contribution in [0.25, 0.3) is 0 Å². The van der Waals surface area contributed by atoms with Crippen LogP contribution in [0.15, 0.2) is 0 Å². The minimum atomic E-state index is -0.386. The van der Waals surface area contributed by atoms with E-state index < -0.39 is 0 Å². The van der Waals surface area contributed by atoms with E-state index in [0.717, 1.165) is 25.9 Å². The van der Waals surface area contributed by atoms with Crippen LogP contribution in [-0.4, -0.2) is 35.7 Å². The third-order valence-electron chi connectivity index (χ3n) is 2.31. The van der Waals surface area contributed by atoms with Gasteiger partial charge in [0, 0.05) is 13.1 Å². The van der Waals surface area contributed by atoms with Crippen molar-refractivity contribution < 1.29 is 5.11 Å². The lowest BCUT2D eigenvalue weighted by molar-refractivity contribution is 0.0312. The van der Waals surface area contributed by atoms with Crippen LogP contribution in [0.3, 0.4) is 0 Å². The Labute approximate surface area is 82.9 Å². The topological polar surface area (TPSA) is 23.5 Å². The molecule has 0 radical (unpaired) electrons. The summed E-state index contributed by atoms with van der Waals surface area (Å²) in [6.45, 7) is 10.2. The zero-order valence-corrected chi connectivity index (χ0v) is 9.80. The van der Waals surface area contributed by atoms with Gasteiger partial charge < -0.3 is 10.0 Å². The first-order chi connectivity index (χ1) is 6.02. The molecule has 0 aromatic rings. The summed E-state index contributed by atoms with van der Waals surface area (Å²) < 4.78 is 0. The fraction of sp³-hybridized carbons (Fsp3) is 1.00. The predicted molar refractivity (Wildman–Crippen MR) is 57.9 cm³/mol. The normalized spacial score (nSPS) is 28.8. The molecule has 0 aromatic carbocycles. The molecule has 1 aliphatic heterocycles. The quantitative estimate of drug-likeness (QED) is 0.716. The molecule has 0 aliphatic carbocycles. The molecule has 1 atom stereocenters. The fourth-order valence-electron chi connectivity index (χ4n) is 1.99. The van der Waals surface area contributed by atoms with Gasteiger partial charge in [-0.1, -0.05) is 27.7 Å². The summed E-state index contributed by atoms with van der Waals surface area (Å²) in [5.41, 5.74) is -0.386. The minimum Gasteiger partial charge on any atom is -0.388 e. The molecule has 1 aliphatic rings. The highest BCUT2D eigenvalue weighted by atomic mass is 16.3. The van der Waals surface area contributed by atoms with E-state index >= 15 is 0 Å². The van der Waals surface area contributed by atoms with Crippen molar-refractivity contribution in [3.8, 4) is 0 Å². The van der Waals surface area contributed by atoms with Crippen molar-refractivity contribution in [2.45, 2.75) is 46.1 Å². The maximum absolute atomic E-state index is 9.99. The lowest BCUT2D eigenvalue weighted by Gasteiger charge is -2.24. The Morgan fingerprint density at radius 2 is 1.92 bits per heavy atom. The minimum absolute atomic E-state index is 0.386. The molecule has 1 saturated heterocycles. The first kappa shape index (κ1) is 12.9. The van der Waals surface area contributed by atoms with Crippen molar-refractivity contribution >= 4 is 0 Å². The Hall–Kier alpha value is -0.0800. The first-order valence-electron chi connectivity index (χ1n) is 5.43. The van der Waals surface area contributed by atoms with Crippen molar-refractivity contribution in [2.75, 3.05) is 20.1 Å². The van der Waals surface area contributed by atoms with Crippen molar-refractivity contribution in [2.24, 2.45) is 5.92 Å². The average molecular weight is 187 g/mol. The maximum Gasteiger partial charge on any atom is 0.0788 e. The van der Waals surface area contributed by atoms with Gasteiger partial charge in [0.15, 0.2) is 0 Å². The SMILES string of the molecule is CC.CC(C)CC1(O)CCN(C)C1. The molecule has 1 N–H and O–H groups in total. The van der Waals surface area contributed by atoms with Gasteiger partial charge in [-0.25, -0.2) is 0 Å². The van der Waals surface area contributed by atoms with Crippen LogP contribution in [0.4, 0.5) is 0 Å². The van der Waals surface area contributed by atoms with E-state index in [9.17, 15) is 5.11 Å². The van der Waals surface area contributed by atoms with E-state index in [4.69, 9.17) is 0 Å². The second-order valence-electron chi connectivity index (χ2n) is 4.31. The lowest BCUT2D eigenvalue weighted by atomic mass is 9.92. The van der Waals surface area contributed by atoms with Gasteiger partial charge in [0.05, 0.1) is 5.60 Å². The monoisotopic (exact) mass is 187 g/mol. The van der Waals surface area contributed by atoms with E-state index in [0.29, 0.717) is 5.92 Å². The van der Waals surface area contributed by atoms with Crippen LogP contribution in [-0.2, 0) is 0 Å². The van der Waals surface area contributed by atoms with Crippen molar-refractivity contribution in [3.63, 3.8) is 0 Å². The van der Waals surface area contributed by atoms with Crippen LogP contribution in [0.1, 0.15) is 40.5 Å². The molecule has 2 heteroatoms. The largest absolute Gasteiger partial charge is 0.388 e. The van der Waals surface area contributed by atoms with E-state index in [1.165, 1.54) is 0 Å². The smallest absolute Gasteiger partial charge is 0.0788 e. The van der Waals surface area contributed by atoms with Gasteiger partial charge in [0.1, 0.15) is 0 Å². The van der Waals surface area contributed by atoms with Gasteiger partial charge in [-0.2, -0.15) is 0 Å². The summed E-state index contributed by atoms with van der Waals surface area (Å²) in [5.74, 6) is 0.603. The highest BCUT2D eigenvalue weighted by Gasteiger charge is 2.34. The molecule has 0 saturated carbocycles. The van der Waals surface area contributed by atoms with Crippen LogP contribution >= 0.6 is 0 Å². The molecule has 0 bridgehead atoms. The average Bonchev–Trinajstić information content (AvgIpc) is 2.33. The summed E-state index contributed by atoms with van der Waals surface area (Å²) in [5, 5.41) is 9.99. The zero-order chi connectivity index (χ0) is 10.5. The Balaban J connectivity index is 0.000000671. The molecule has 1 heterocycles. The lowest BCUT2D eigenvalue weighted by Crippen LogP contribution is -2.33. The van der Waals surface area contributed by atoms with Gasteiger partial charge in [-0.05, 0) is 25.8 Å². The summed E-state index contributed by atoms with van der Waals surface area (Å²) in [6, 6.07) is 0. The van der Waals surface area contributed by atoms with Crippen LogP contribution in [0.5, 0.6) is 0 Å². The summed E-state index contributed by atoms with van der Waals surface area (Å²) in [6.07, 6.45) is 1.89. The Morgan fingerprint density at radius 3 is 2.23 bits per heavy atom. The second-order valence-corrected chi connectivity index (χ2v) is 4.31. The third kappa shape index (κ3) is 4.63. The molecule has 0 spiro atoms. The third-order valence-corrected chi connectivity index (χ3v) is 2.31. The van der Waals surface area contributed by atoms with Gasteiger partial charge >= 0.3 is 0 Å². The number of hydrogen-bond donors (Lipinski definition) is 1. The fourth-order valence-corrected chi connectivity index (χ4v) is 1.99. The molecule has 80 valence electrons. The van der Waals surface area contributed by atoms with Gasteiger partial charge in [-0.3, -0.25) is 0 Å². The molecule has 1 unspecified atom stereocenters. The molecular formula is C11H25NO. The number of likely N-dealkylation sites (tertiary alicyclic amines) is 1. The van der Waals surface area contributed by atoms with Crippen molar-refractivity contribution in [3.05, 3.63) is 0 Å². The van der Waals surface area contributed by atoms with Gasteiger partial charge in [-0.15, -0.1) is 0 Å². The maximum atomic E-state index is 9.99. The molecule has 0 amide bonds. The molecular weight excluding hydrogens is 162 g/mol. The number of nitrogens with zero attached hydrogens (tertiary/aromatic N) is 1. The van der Waals surface area contributed by atoms with Crippen molar-refractivity contribution in [1.29, 1.82) is 0 Å². The zero-order valence-electron chi connectivity index (χ0n) is 9.80. The van der Waals surface area contributed by atoms with E-state index in [1.807, 2.05) is 13.8 Å². The second kappa shape index (κ2) is 5.61. The van der Waals surface area contributed by atoms with Crippen LogP contribution in [0, 0.1) is 5.92 Å². The highest BCUT2D eigenvalue weighted by molar-refractivity contribution is 4.89. The number of aliphatic hydroxyl groups is 1. The molecule has 13 heavy (non-hydrogen) atoms. The van der Waals surface area contributed by atoms with Crippen LogP contribution in [0.2, 0.25) is 0 Å². The van der Waals surface area contributed by atoms with Crippen molar-refractivity contribution in [1.82, 2.24) is 4.90 Å². The van der Waals surface area contributed by atoms with E-state index in [1.54, 1.807) is 0 Å². The molecule has 1 fully saturated rings. The van der Waals surface area contributed by atoms with E-state index in [2.05, 4.69) is 25.8 Å². The number of likely N-dealkylation sites (N-methyl/N-ethyl adjacent to an activating group) is 1. The first-order valence-corrected chi connectivity index (χ1v) is 5.43. The molecule has 0 aromatic heterocycles. The Kier molecular flexibility index (Phi) is 5.57. The number of β-amino-alcohol motifs (C(OH)–C–C–N with tert-alkyl or cyclic N) is 1. The standard InChI is InChI=1S/C9H19NO.C2H6/c1-8(2)6-9(11)4-5-10(3)7-9;1-2/h8,11H,4-7H2,1-3H3;1-2H3. The molecule has 1 rings (SSSR count). The molecule has 2 nitrogen and oxygen atoms in total. The van der Waals surface area contributed by atoms with E-state index in [-0.39, 0.29) is 5.60 Å². The summed E-state index contributed by atoms with van der Waals surface area (Å²) in [7, 11) is 2.07. The summed E-state index contributed by atoms with van der Waals surface area (Å²) >= 11 is 0. The summed E-state index contributed by atoms with van der Waals surface area (Å²) in [4.78, 5) is 2.20.